The van der Waals surface area contributed by atoms with Gasteiger partial charge >= 0.3 is 12.3 Å². The molecule has 2 aromatic rings. The maximum Gasteiger partial charge on any atom is 0.426 e. The second-order valence-corrected chi connectivity index (χ2v) is 10.6. The molecule has 2 fully saturated rings. The van der Waals surface area contributed by atoms with Crippen LogP contribution in [0.15, 0.2) is 42.5 Å². The number of ether oxygens (including phenoxy) is 1. The van der Waals surface area contributed by atoms with Crippen LogP contribution in [0.4, 0.5) is 26.3 Å². The fourth-order valence-corrected chi connectivity index (χ4v) is 6.23. The van der Waals surface area contributed by atoms with Gasteiger partial charge in [0.05, 0.1) is 11.1 Å². The molecule has 0 spiro atoms. The highest BCUT2D eigenvalue weighted by Gasteiger charge is 2.37. The Morgan fingerprint density at radius 1 is 0.778 bits per heavy atom. The summed E-state index contributed by atoms with van der Waals surface area (Å²) in [5.41, 5.74) is -0.939. The minimum atomic E-state index is -4.91. The second-order valence-electron chi connectivity index (χ2n) is 10.6. The maximum absolute atomic E-state index is 14.6. The number of hydrogen-bond donors (Lipinski definition) is 0. The molecule has 2 saturated carbocycles. The normalized spacial score (nSPS) is 25.5. The first-order valence-electron chi connectivity index (χ1n) is 13.1. The third kappa shape index (κ3) is 6.38. The van der Waals surface area contributed by atoms with Crippen LogP contribution in [-0.2, 0) is 12.3 Å². The third-order valence-corrected chi connectivity index (χ3v) is 8.24. The molecule has 0 radical (unpaired) electrons. The molecular weight excluding hydrogens is 478 g/mol. The van der Waals surface area contributed by atoms with Crippen LogP contribution < -0.4 is 4.74 Å². The minimum Gasteiger partial charge on any atom is -0.429 e. The van der Waals surface area contributed by atoms with Crippen molar-refractivity contribution < 1.29 is 31.1 Å². The third-order valence-electron chi connectivity index (χ3n) is 8.24. The van der Waals surface area contributed by atoms with E-state index in [0.29, 0.717) is 24.1 Å². The van der Waals surface area contributed by atoms with Crippen molar-refractivity contribution in [3.63, 3.8) is 0 Å². The van der Waals surface area contributed by atoms with Crippen molar-refractivity contribution in [2.45, 2.75) is 89.3 Å². The first-order chi connectivity index (χ1) is 17.1. The molecule has 0 heterocycles. The van der Waals surface area contributed by atoms with Gasteiger partial charge in [-0.1, -0.05) is 44.7 Å². The summed E-state index contributed by atoms with van der Waals surface area (Å²) in [6, 6.07) is 7.37. The van der Waals surface area contributed by atoms with Crippen LogP contribution in [0.25, 0.3) is 0 Å². The van der Waals surface area contributed by atoms with E-state index in [1.807, 2.05) is 0 Å². The van der Waals surface area contributed by atoms with Crippen molar-refractivity contribution >= 4 is 0 Å². The Morgan fingerprint density at radius 3 is 1.89 bits per heavy atom. The summed E-state index contributed by atoms with van der Waals surface area (Å²) < 4.78 is 85.7. The van der Waals surface area contributed by atoms with Gasteiger partial charge in [-0.15, -0.1) is 0 Å². The van der Waals surface area contributed by atoms with Crippen molar-refractivity contribution in [2.24, 2.45) is 17.8 Å². The van der Waals surface area contributed by atoms with Crippen molar-refractivity contribution in [2.75, 3.05) is 0 Å². The lowest BCUT2D eigenvalue weighted by molar-refractivity contribution is -0.185. The topological polar surface area (TPSA) is 9.23 Å². The van der Waals surface area contributed by atoms with Gasteiger partial charge in [0.1, 0.15) is 11.6 Å². The first kappa shape index (κ1) is 26.9. The molecule has 0 bridgehead atoms. The van der Waals surface area contributed by atoms with Crippen LogP contribution in [0.2, 0.25) is 0 Å². The van der Waals surface area contributed by atoms with Crippen LogP contribution in [0.3, 0.4) is 0 Å². The number of rotatable bonds is 7. The Kier molecular flexibility index (Phi) is 8.25. The van der Waals surface area contributed by atoms with Gasteiger partial charge < -0.3 is 4.74 Å². The highest BCUT2D eigenvalue weighted by Crippen LogP contribution is 2.45. The summed E-state index contributed by atoms with van der Waals surface area (Å²) >= 11 is 0. The van der Waals surface area contributed by atoms with E-state index in [2.05, 4.69) is 11.7 Å². The highest BCUT2D eigenvalue weighted by atomic mass is 19.4. The van der Waals surface area contributed by atoms with Crippen molar-refractivity contribution in [3.05, 3.63) is 65.0 Å². The summed E-state index contributed by atoms with van der Waals surface area (Å²) in [5, 5.41) is 0. The van der Waals surface area contributed by atoms with E-state index < -0.39 is 35.0 Å². The molecule has 0 saturated heterocycles. The Balaban J connectivity index is 1.32. The Hall–Kier alpha value is -2.18. The molecule has 2 aromatic carbocycles. The summed E-state index contributed by atoms with van der Waals surface area (Å²) in [7, 11) is 0. The summed E-state index contributed by atoms with van der Waals surface area (Å²) in [6.07, 6.45) is 3.75. The zero-order valence-electron chi connectivity index (χ0n) is 20.6. The van der Waals surface area contributed by atoms with Gasteiger partial charge in [0.2, 0.25) is 0 Å². The molecule has 0 amide bonds. The van der Waals surface area contributed by atoms with Gasteiger partial charge in [0.25, 0.3) is 0 Å². The predicted octanol–water partition coefficient (Wildman–Crippen LogP) is 9.85. The predicted molar refractivity (Wildman–Crippen MR) is 127 cm³/mol. The molecule has 198 valence electrons. The van der Waals surface area contributed by atoms with Crippen molar-refractivity contribution in [1.29, 1.82) is 0 Å². The monoisotopic (exact) mass is 512 g/mol. The lowest BCUT2D eigenvalue weighted by atomic mass is 9.68. The molecule has 4 rings (SSSR count). The van der Waals surface area contributed by atoms with Crippen LogP contribution >= 0.6 is 0 Å². The van der Waals surface area contributed by atoms with Gasteiger partial charge in [-0.2, -0.15) is 22.0 Å². The summed E-state index contributed by atoms with van der Waals surface area (Å²) in [6.45, 7) is 2.26. The lowest BCUT2D eigenvalue weighted by Crippen LogP contribution is -2.25. The van der Waals surface area contributed by atoms with Gasteiger partial charge in [-0.3, -0.25) is 0 Å². The van der Waals surface area contributed by atoms with Gasteiger partial charge in [-0.25, -0.2) is 4.39 Å². The fourth-order valence-electron chi connectivity index (χ4n) is 6.23. The van der Waals surface area contributed by atoms with E-state index in [4.69, 9.17) is 0 Å². The smallest absolute Gasteiger partial charge is 0.426 e. The molecular formula is C29H34F6O. The Bertz CT molecular complexity index is 984. The SMILES string of the molecule is CCC[C@H]1CC[C@H]([C@H]2CC[C@H](c3ccc(C(F)(F)Oc4ccc(C(F)(F)F)c(F)c4)cc3)CC2)CC1. The van der Waals surface area contributed by atoms with E-state index in [1.165, 1.54) is 63.5 Å². The molecule has 1 nitrogen and oxygen atoms in total. The Morgan fingerprint density at radius 2 is 1.36 bits per heavy atom. The molecule has 2 aliphatic rings. The second kappa shape index (κ2) is 11.1. The maximum atomic E-state index is 14.6. The molecule has 7 heteroatoms. The number of hydrogen-bond acceptors (Lipinski definition) is 1. The lowest BCUT2D eigenvalue weighted by Gasteiger charge is -2.38. The van der Waals surface area contributed by atoms with E-state index in [1.54, 1.807) is 12.1 Å². The molecule has 36 heavy (non-hydrogen) atoms. The fraction of sp³-hybridized carbons (Fsp3) is 0.586. The minimum absolute atomic E-state index is 0.333. The standard InChI is InChI=1S/C29H34F6O/c1-2-3-19-4-6-20(7-5-19)21-8-10-22(11-9-21)23-12-14-24(15-13-23)29(34,35)36-25-16-17-26(27(30)18-25)28(31,32)33/h12-22H,2-11H2,1H3/t19-,20-,21-,22-. The van der Waals surface area contributed by atoms with Crippen molar-refractivity contribution in [1.82, 2.24) is 0 Å². The largest absolute Gasteiger partial charge is 0.429 e. The molecule has 2 aliphatic carbocycles. The van der Waals surface area contributed by atoms with E-state index in [-0.39, 0.29) is 0 Å². The van der Waals surface area contributed by atoms with Crippen LogP contribution in [0.5, 0.6) is 5.75 Å². The Labute approximate surface area is 209 Å². The van der Waals surface area contributed by atoms with Crippen LogP contribution in [0, 0.1) is 23.6 Å². The average Bonchev–Trinajstić information content (AvgIpc) is 2.84. The molecule has 0 unspecified atom stereocenters. The number of alkyl halides is 5. The summed E-state index contributed by atoms with van der Waals surface area (Å²) in [5.74, 6) is 0.511. The van der Waals surface area contributed by atoms with E-state index in [0.717, 1.165) is 36.2 Å². The number of halogens is 6. The summed E-state index contributed by atoms with van der Waals surface area (Å²) in [4.78, 5) is 0. The van der Waals surface area contributed by atoms with Crippen LogP contribution in [-0.4, -0.2) is 0 Å². The van der Waals surface area contributed by atoms with Crippen molar-refractivity contribution in [3.8, 4) is 5.75 Å². The zero-order valence-corrected chi connectivity index (χ0v) is 20.6. The van der Waals surface area contributed by atoms with Crippen LogP contribution in [0.1, 0.15) is 93.7 Å². The molecule has 0 N–H and O–H groups in total. The molecule has 0 aliphatic heterocycles. The highest BCUT2D eigenvalue weighted by molar-refractivity contribution is 5.33. The van der Waals surface area contributed by atoms with Gasteiger partial charge in [0.15, 0.2) is 0 Å². The van der Waals surface area contributed by atoms with Gasteiger partial charge in [0, 0.05) is 6.07 Å². The first-order valence-corrected chi connectivity index (χ1v) is 13.1. The zero-order chi connectivity index (χ0) is 25.9. The number of benzene rings is 2. The molecule has 0 atom stereocenters. The van der Waals surface area contributed by atoms with E-state index in [9.17, 15) is 26.3 Å². The quantitative estimate of drug-likeness (QED) is 0.336. The van der Waals surface area contributed by atoms with E-state index >= 15 is 0 Å². The average molecular weight is 513 g/mol. The van der Waals surface area contributed by atoms with Gasteiger partial charge in [-0.05, 0) is 92.0 Å². The molecule has 0 aromatic heterocycles.